The summed E-state index contributed by atoms with van der Waals surface area (Å²) < 4.78 is 13.9. The van der Waals surface area contributed by atoms with Crippen LogP contribution in [0, 0.1) is 5.82 Å². The fourth-order valence-corrected chi connectivity index (χ4v) is 3.95. The number of nitrogens with zero attached hydrogens (tertiary/aromatic N) is 4. The van der Waals surface area contributed by atoms with Gasteiger partial charge in [-0.1, -0.05) is 6.07 Å². The van der Waals surface area contributed by atoms with E-state index in [-0.39, 0.29) is 11.4 Å². The van der Waals surface area contributed by atoms with Crippen LogP contribution in [0.2, 0.25) is 0 Å². The number of aromatic nitrogens is 4. The number of benzene rings is 1. The van der Waals surface area contributed by atoms with E-state index in [1.54, 1.807) is 0 Å². The van der Waals surface area contributed by atoms with Gasteiger partial charge in [-0.2, -0.15) is 5.10 Å². The number of rotatable bonds is 5. The third-order valence-electron chi connectivity index (χ3n) is 5.53. The molecule has 2 N–H and O–H groups in total. The second kappa shape index (κ2) is 8.23. The van der Waals surface area contributed by atoms with Crippen molar-refractivity contribution >= 4 is 22.5 Å². The third kappa shape index (κ3) is 4.02. The van der Waals surface area contributed by atoms with Crippen molar-refractivity contribution in [2.45, 2.75) is 19.4 Å². The number of aromatic amines is 1. The molecule has 8 heteroatoms. The molecule has 0 aliphatic carbocycles. The molecule has 31 heavy (non-hydrogen) atoms. The topological polar surface area (TPSA) is 86.8 Å². The summed E-state index contributed by atoms with van der Waals surface area (Å²) in [5.41, 5.74) is 4.01. The van der Waals surface area contributed by atoms with Gasteiger partial charge in [0.1, 0.15) is 5.82 Å². The first-order valence-corrected chi connectivity index (χ1v) is 10.2. The highest BCUT2D eigenvalue weighted by Gasteiger charge is 2.17. The molecule has 1 saturated heterocycles. The lowest BCUT2D eigenvalue weighted by atomic mass is 10.0. The molecule has 3 aromatic heterocycles. The van der Waals surface area contributed by atoms with E-state index < -0.39 is 11.7 Å². The first-order chi connectivity index (χ1) is 15.2. The minimum atomic E-state index is -0.551. The standard InChI is InChI=1S/C23H21FN6O/c24-19-5-6-25-13-21(19)27-23(31)22-18-10-16(3-4-20(18)28-29-22)17-9-15(11-26-12-17)14-30-7-1-2-8-30/h3-6,9-13H,1-2,7-8,14H2,(H,27,31)(H,28,29). The number of fused-ring (bicyclic) bond motifs is 1. The van der Waals surface area contributed by atoms with Gasteiger partial charge in [0.2, 0.25) is 0 Å². The molecule has 1 fully saturated rings. The number of hydrogen-bond donors (Lipinski definition) is 2. The van der Waals surface area contributed by atoms with Crippen molar-refractivity contribution in [3.63, 3.8) is 0 Å². The van der Waals surface area contributed by atoms with Crippen LogP contribution >= 0.6 is 0 Å². The van der Waals surface area contributed by atoms with E-state index in [4.69, 9.17) is 0 Å². The summed E-state index contributed by atoms with van der Waals surface area (Å²) in [7, 11) is 0. The summed E-state index contributed by atoms with van der Waals surface area (Å²) in [6, 6.07) is 9.09. The summed E-state index contributed by atoms with van der Waals surface area (Å²) in [5.74, 6) is -1.05. The van der Waals surface area contributed by atoms with Crippen LogP contribution in [0.25, 0.3) is 22.0 Å². The molecule has 0 bridgehead atoms. The molecule has 156 valence electrons. The molecule has 1 aliphatic rings. The van der Waals surface area contributed by atoms with Gasteiger partial charge in [-0.3, -0.25) is 24.8 Å². The molecule has 1 aromatic carbocycles. The van der Waals surface area contributed by atoms with Gasteiger partial charge in [0, 0.05) is 36.1 Å². The molecule has 4 heterocycles. The lowest BCUT2D eigenvalue weighted by molar-refractivity contribution is 0.102. The van der Waals surface area contributed by atoms with Crippen LogP contribution in [0.4, 0.5) is 10.1 Å². The Bertz CT molecular complexity index is 1250. The Kier molecular flexibility index (Phi) is 5.13. The summed E-state index contributed by atoms with van der Waals surface area (Å²) in [6.07, 6.45) is 8.81. The molecule has 0 radical (unpaired) electrons. The lowest BCUT2D eigenvalue weighted by Gasteiger charge is -2.14. The number of likely N-dealkylation sites (tertiary alicyclic amines) is 1. The monoisotopic (exact) mass is 416 g/mol. The highest BCUT2D eigenvalue weighted by Crippen LogP contribution is 2.27. The van der Waals surface area contributed by atoms with E-state index >= 15 is 0 Å². The Balaban J connectivity index is 1.44. The van der Waals surface area contributed by atoms with E-state index in [2.05, 4.69) is 36.4 Å². The molecule has 1 amide bonds. The van der Waals surface area contributed by atoms with Crippen LogP contribution in [0.1, 0.15) is 28.9 Å². The van der Waals surface area contributed by atoms with E-state index in [9.17, 15) is 9.18 Å². The maximum Gasteiger partial charge on any atom is 0.276 e. The van der Waals surface area contributed by atoms with Crippen LogP contribution in [0.3, 0.4) is 0 Å². The van der Waals surface area contributed by atoms with Crippen molar-refractivity contribution in [3.8, 4) is 11.1 Å². The summed E-state index contributed by atoms with van der Waals surface area (Å²) in [5, 5.41) is 10.2. The van der Waals surface area contributed by atoms with Crippen LogP contribution < -0.4 is 5.32 Å². The molecule has 0 saturated carbocycles. The minimum absolute atomic E-state index is 0.0126. The number of amides is 1. The number of carbonyl (C=O) groups is 1. The zero-order valence-corrected chi connectivity index (χ0v) is 16.8. The number of pyridine rings is 2. The number of anilines is 1. The maximum atomic E-state index is 13.9. The molecule has 5 rings (SSSR count). The van der Waals surface area contributed by atoms with Gasteiger partial charge < -0.3 is 5.32 Å². The predicted octanol–water partition coefficient (Wildman–Crippen LogP) is 4.01. The smallest absolute Gasteiger partial charge is 0.276 e. The van der Waals surface area contributed by atoms with Gasteiger partial charge in [-0.05, 0) is 61.3 Å². The minimum Gasteiger partial charge on any atom is -0.317 e. The lowest BCUT2D eigenvalue weighted by Crippen LogP contribution is -2.18. The number of halogens is 1. The zero-order valence-electron chi connectivity index (χ0n) is 16.8. The molecule has 0 atom stereocenters. The van der Waals surface area contributed by atoms with Crippen molar-refractivity contribution < 1.29 is 9.18 Å². The second-order valence-corrected chi connectivity index (χ2v) is 7.71. The molecular weight excluding hydrogens is 395 g/mol. The predicted molar refractivity (Wildman–Crippen MR) is 116 cm³/mol. The molecule has 1 aliphatic heterocycles. The molecule has 0 spiro atoms. The average molecular weight is 416 g/mol. The number of H-pyrrole nitrogens is 1. The summed E-state index contributed by atoms with van der Waals surface area (Å²) >= 11 is 0. The fraction of sp³-hybridized carbons (Fsp3) is 0.217. The molecule has 4 aromatic rings. The van der Waals surface area contributed by atoms with Gasteiger partial charge in [-0.25, -0.2) is 4.39 Å². The normalized spacial score (nSPS) is 14.2. The largest absolute Gasteiger partial charge is 0.317 e. The van der Waals surface area contributed by atoms with Crippen LogP contribution in [-0.4, -0.2) is 44.1 Å². The van der Waals surface area contributed by atoms with E-state index in [1.165, 1.54) is 31.3 Å². The van der Waals surface area contributed by atoms with E-state index in [0.29, 0.717) is 5.39 Å². The maximum absolute atomic E-state index is 13.9. The number of carbonyl (C=O) groups excluding carboxylic acids is 1. The van der Waals surface area contributed by atoms with E-state index in [1.807, 2.05) is 30.6 Å². The van der Waals surface area contributed by atoms with Crippen LogP contribution in [0.15, 0.2) is 55.1 Å². The average Bonchev–Trinajstić information content (AvgIpc) is 3.45. The van der Waals surface area contributed by atoms with Gasteiger partial charge >= 0.3 is 0 Å². The number of nitrogens with one attached hydrogen (secondary N) is 2. The second-order valence-electron chi connectivity index (χ2n) is 7.71. The number of hydrogen-bond acceptors (Lipinski definition) is 5. The van der Waals surface area contributed by atoms with Crippen LogP contribution in [0.5, 0.6) is 0 Å². The Morgan fingerprint density at radius 3 is 2.77 bits per heavy atom. The van der Waals surface area contributed by atoms with Crippen molar-refractivity contribution in [2.75, 3.05) is 18.4 Å². The quantitative estimate of drug-likeness (QED) is 0.513. The molecular formula is C23H21FN6O. The summed E-state index contributed by atoms with van der Waals surface area (Å²) in [4.78, 5) is 23.4. The first-order valence-electron chi connectivity index (χ1n) is 10.2. The Hall–Kier alpha value is -3.65. The Morgan fingerprint density at radius 1 is 1.06 bits per heavy atom. The van der Waals surface area contributed by atoms with Gasteiger partial charge in [0.15, 0.2) is 5.69 Å². The van der Waals surface area contributed by atoms with Gasteiger partial charge in [0.25, 0.3) is 5.91 Å². The first kappa shape index (κ1) is 19.3. The van der Waals surface area contributed by atoms with Crippen molar-refractivity contribution in [1.29, 1.82) is 0 Å². The highest BCUT2D eigenvalue weighted by molar-refractivity contribution is 6.11. The third-order valence-corrected chi connectivity index (χ3v) is 5.53. The van der Waals surface area contributed by atoms with Crippen molar-refractivity contribution in [1.82, 2.24) is 25.1 Å². The van der Waals surface area contributed by atoms with Crippen molar-refractivity contribution in [3.05, 3.63) is 72.2 Å². The highest BCUT2D eigenvalue weighted by atomic mass is 19.1. The molecule has 7 nitrogen and oxygen atoms in total. The summed E-state index contributed by atoms with van der Waals surface area (Å²) in [6.45, 7) is 3.14. The Labute approximate surface area is 178 Å². The fourth-order valence-electron chi connectivity index (χ4n) is 3.95. The molecule has 0 unspecified atom stereocenters. The van der Waals surface area contributed by atoms with E-state index in [0.717, 1.165) is 41.8 Å². The van der Waals surface area contributed by atoms with Crippen molar-refractivity contribution in [2.24, 2.45) is 0 Å². The Morgan fingerprint density at radius 2 is 1.94 bits per heavy atom. The van der Waals surface area contributed by atoms with Gasteiger partial charge in [0.05, 0.1) is 17.4 Å². The van der Waals surface area contributed by atoms with Crippen LogP contribution in [-0.2, 0) is 6.54 Å². The van der Waals surface area contributed by atoms with Gasteiger partial charge in [-0.15, -0.1) is 0 Å². The zero-order chi connectivity index (χ0) is 21.2. The SMILES string of the molecule is O=C(Nc1cnccc1F)c1n[nH]c2ccc(-c3cncc(CN4CCCC4)c3)cc12.